The summed E-state index contributed by atoms with van der Waals surface area (Å²) in [6, 6.07) is 7.60. The fourth-order valence-corrected chi connectivity index (χ4v) is 2.97. The monoisotopic (exact) mass is 328 g/mol. The third kappa shape index (κ3) is 4.20. The summed E-state index contributed by atoms with van der Waals surface area (Å²) >= 11 is 0. The second-order valence-corrected chi connectivity index (χ2v) is 6.17. The Morgan fingerprint density at radius 2 is 2.38 bits per heavy atom. The lowest BCUT2D eigenvalue weighted by molar-refractivity contribution is 0.0500. The van der Waals surface area contributed by atoms with Crippen molar-refractivity contribution in [2.75, 3.05) is 13.2 Å². The smallest absolute Gasteiger partial charge is 0.274 e. The van der Waals surface area contributed by atoms with Gasteiger partial charge < -0.3 is 9.64 Å². The van der Waals surface area contributed by atoms with E-state index < -0.39 is 0 Å². The Balaban J connectivity index is 1.75. The Kier molecular flexibility index (Phi) is 5.59. The summed E-state index contributed by atoms with van der Waals surface area (Å²) < 4.78 is 5.71. The Hall–Kier alpha value is -2.21. The van der Waals surface area contributed by atoms with Crippen LogP contribution in [0.25, 0.3) is 0 Å². The molecule has 0 saturated carbocycles. The van der Waals surface area contributed by atoms with Crippen LogP contribution in [-0.2, 0) is 17.7 Å². The van der Waals surface area contributed by atoms with Gasteiger partial charge in [-0.15, -0.1) is 0 Å². The van der Waals surface area contributed by atoms with Crippen LogP contribution in [0.2, 0.25) is 0 Å². The largest absolute Gasteiger partial charge is 0.376 e. The number of nitrogens with zero attached hydrogens (tertiary/aromatic N) is 3. The van der Waals surface area contributed by atoms with Gasteiger partial charge in [0.25, 0.3) is 5.91 Å². The van der Waals surface area contributed by atoms with E-state index in [2.05, 4.69) is 22.1 Å². The first-order valence-electron chi connectivity index (χ1n) is 8.61. The number of amides is 1. The number of carbonyl (C=O) groups is 1. The lowest BCUT2D eigenvalue weighted by Crippen LogP contribution is -2.37. The highest BCUT2D eigenvalue weighted by molar-refractivity contribution is 5.92. The molecule has 0 spiro atoms. The van der Waals surface area contributed by atoms with Crippen LogP contribution in [0, 0.1) is 0 Å². The molecule has 0 radical (unpaired) electrons. The summed E-state index contributed by atoms with van der Waals surface area (Å²) in [6.45, 7) is 3.92. The van der Waals surface area contributed by atoms with Crippen molar-refractivity contribution >= 4 is 5.91 Å². The van der Waals surface area contributed by atoms with E-state index in [4.69, 9.17) is 4.74 Å². The zero-order valence-electron chi connectivity index (χ0n) is 14.1. The molecule has 6 nitrogen and oxygen atoms in total. The summed E-state index contributed by atoms with van der Waals surface area (Å²) in [5.74, 6) is -0.0743. The minimum atomic E-state index is -0.0743. The van der Waals surface area contributed by atoms with Crippen molar-refractivity contribution in [1.82, 2.24) is 20.1 Å². The number of aryl methyl sites for hydroxylation is 1. The summed E-state index contributed by atoms with van der Waals surface area (Å²) in [5, 5.41) is 7.15. The molecule has 1 aliphatic rings. The Morgan fingerprint density at radius 1 is 1.46 bits per heavy atom. The summed E-state index contributed by atoms with van der Waals surface area (Å²) in [6.07, 6.45) is 5.81. The number of aromatic nitrogens is 3. The van der Waals surface area contributed by atoms with E-state index in [0.29, 0.717) is 18.8 Å². The van der Waals surface area contributed by atoms with Crippen LogP contribution < -0.4 is 0 Å². The average Bonchev–Trinajstić information content (AvgIpc) is 3.27. The molecule has 1 aliphatic heterocycles. The van der Waals surface area contributed by atoms with Crippen molar-refractivity contribution in [3.8, 4) is 0 Å². The molecule has 0 bridgehead atoms. The van der Waals surface area contributed by atoms with E-state index in [0.717, 1.165) is 43.7 Å². The molecule has 3 heterocycles. The standard InChI is InChI=1S/C18H24N4O2/c1-2-6-14-11-17(21-20-14)18(23)22(13-16-8-5-10-24-16)12-15-7-3-4-9-19-15/h3-4,7,9,11,16H,2,5-6,8,10,12-13H2,1H3,(H,20,21)/t16-/m0/s1. The fourth-order valence-electron chi connectivity index (χ4n) is 2.97. The van der Waals surface area contributed by atoms with Gasteiger partial charge >= 0.3 is 0 Å². The molecule has 2 aromatic heterocycles. The summed E-state index contributed by atoms with van der Waals surface area (Å²) in [4.78, 5) is 19.1. The molecule has 3 rings (SSSR count). The molecule has 128 valence electrons. The summed E-state index contributed by atoms with van der Waals surface area (Å²) in [5.41, 5.74) is 2.33. The van der Waals surface area contributed by atoms with Crippen molar-refractivity contribution in [2.24, 2.45) is 0 Å². The third-order valence-corrected chi connectivity index (χ3v) is 4.18. The van der Waals surface area contributed by atoms with E-state index in [9.17, 15) is 4.79 Å². The van der Waals surface area contributed by atoms with Gasteiger partial charge in [0, 0.05) is 25.0 Å². The van der Waals surface area contributed by atoms with Gasteiger partial charge in [0.05, 0.1) is 18.3 Å². The Labute approximate surface area is 142 Å². The van der Waals surface area contributed by atoms with Gasteiger partial charge in [-0.2, -0.15) is 5.10 Å². The number of hydrogen-bond acceptors (Lipinski definition) is 4. The predicted molar refractivity (Wildman–Crippen MR) is 90.5 cm³/mol. The predicted octanol–water partition coefficient (Wildman–Crippen LogP) is 2.58. The van der Waals surface area contributed by atoms with Crippen molar-refractivity contribution in [3.05, 3.63) is 47.5 Å². The first-order valence-corrected chi connectivity index (χ1v) is 8.61. The van der Waals surface area contributed by atoms with Gasteiger partial charge in [0.2, 0.25) is 0 Å². The van der Waals surface area contributed by atoms with Crippen LogP contribution in [0.1, 0.15) is 48.1 Å². The number of aromatic amines is 1. The molecular weight excluding hydrogens is 304 g/mol. The normalized spacial score (nSPS) is 17.1. The first kappa shape index (κ1) is 16.6. The zero-order valence-corrected chi connectivity index (χ0v) is 14.1. The number of nitrogens with one attached hydrogen (secondary N) is 1. The minimum absolute atomic E-state index is 0.0743. The van der Waals surface area contributed by atoms with E-state index >= 15 is 0 Å². The number of hydrogen-bond donors (Lipinski definition) is 1. The van der Waals surface area contributed by atoms with Crippen molar-refractivity contribution in [1.29, 1.82) is 0 Å². The van der Waals surface area contributed by atoms with Crippen LogP contribution in [0.15, 0.2) is 30.5 Å². The topological polar surface area (TPSA) is 71.1 Å². The average molecular weight is 328 g/mol. The summed E-state index contributed by atoms with van der Waals surface area (Å²) in [7, 11) is 0. The molecule has 0 aromatic carbocycles. The molecular formula is C18H24N4O2. The molecule has 2 aromatic rings. The van der Waals surface area contributed by atoms with Gasteiger partial charge in [-0.25, -0.2) is 0 Å². The number of pyridine rings is 1. The Bertz CT molecular complexity index is 650. The van der Waals surface area contributed by atoms with Gasteiger partial charge in [0.1, 0.15) is 5.69 Å². The molecule has 1 amide bonds. The maximum atomic E-state index is 12.9. The van der Waals surface area contributed by atoms with Gasteiger partial charge in [-0.3, -0.25) is 14.9 Å². The molecule has 24 heavy (non-hydrogen) atoms. The third-order valence-electron chi connectivity index (χ3n) is 4.18. The highest BCUT2D eigenvalue weighted by atomic mass is 16.5. The zero-order chi connectivity index (χ0) is 16.8. The van der Waals surface area contributed by atoms with Crippen molar-refractivity contribution < 1.29 is 9.53 Å². The number of rotatable bonds is 7. The van der Waals surface area contributed by atoms with Crippen LogP contribution in [0.4, 0.5) is 0 Å². The second kappa shape index (κ2) is 8.06. The van der Waals surface area contributed by atoms with Crippen LogP contribution in [0.5, 0.6) is 0 Å². The molecule has 6 heteroatoms. The second-order valence-electron chi connectivity index (χ2n) is 6.17. The van der Waals surface area contributed by atoms with Crippen molar-refractivity contribution in [3.63, 3.8) is 0 Å². The Morgan fingerprint density at radius 3 is 3.08 bits per heavy atom. The van der Waals surface area contributed by atoms with E-state index in [1.165, 1.54) is 0 Å². The lowest BCUT2D eigenvalue weighted by atomic mass is 10.2. The van der Waals surface area contributed by atoms with Crippen LogP contribution in [0.3, 0.4) is 0 Å². The van der Waals surface area contributed by atoms with Gasteiger partial charge in [0.15, 0.2) is 0 Å². The molecule has 1 atom stereocenters. The molecule has 1 N–H and O–H groups in total. The number of ether oxygens (including phenoxy) is 1. The van der Waals surface area contributed by atoms with Gasteiger partial charge in [-0.1, -0.05) is 19.4 Å². The van der Waals surface area contributed by atoms with Crippen molar-refractivity contribution in [2.45, 2.75) is 45.3 Å². The van der Waals surface area contributed by atoms with Gasteiger partial charge in [-0.05, 0) is 37.5 Å². The van der Waals surface area contributed by atoms with E-state index in [-0.39, 0.29) is 12.0 Å². The molecule has 1 fully saturated rings. The van der Waals surface area contributed by atoms with Crippen LogP contribution in [-0.4, -0.2) is 45.2 Å². The SMILES string of the molecule is CCCc1cc(C(=O)N(Cc2ccccn2)C[C@@H]2CCCO2)n[nH]1. The first-order chi connectivity index (χ1) is 11.8. The maximum Gasteiger partial charge on any atom is 0.274 e. The highest BCUT2D eigenvalue weighted by Crippen LogP contribution is 2.17. The molecule has 0 aliphatic carbocycles. The lowest BCUT2D eigenvalue weighted by Gasteiger charge is -2.24. The van der Waals surface area contributed by atoms with E-state index in [1.54, 1.807) is 11.1 Å². The molecule has 1 saturated heterocycles. The van der Waals surface area contributed by atoms with E-state index in [1.807, 2.05) is 24.3 Å². The number of carbonyl (C=O) groups excluding carboxylic acids is 1. The molecule has 0 unspecified atom stereocenters. The highest BCUT2D eigenvalue weighted by Gasteiger charge is 2.25. The fraction of sp³-hybridized carbons (Fsp3) is 0.500. The minimum Gasteiger partial charge on any atom is -0.376 e. The maximum absolute atomic E-state index is 12.9. The number of H-pyrrole nitrogens is 1. The van der Waals surface area contributed by atoms with Crippen LogP contribution >= 0.6 is 0 Å². The quantitative estimate of drug-likeness (QED) is 0.848.